The molecule has 0 unspecified atom stereocenters. The van der Waals surface area contributed by atoms with Crippen LogP contribution in [-0.2, 0) is 29.3 Å². The third-order valence-corrected chi connectivity index (χ3v) is 9.08. The summed E-state index contributed by atoms with van der Waals surface area (Å²) < 4.78 is 92.4. The van der Waals surface area contributed by atoms with Crippen LogP contribution >= 0.6 is 11.3 Å². The Bertz CT molecular complexity index is 1810. The van der Waals surface area contributed by atoms with Crippen LogP contribution in [-0.4, -0.2) is 40.4 Å². The van der Waals surface area contributed by atoms with Crippen LogP contribution in [0.2, 0.25) is 0 Å². The van der Waals surface area contributed by atoms with Crippen molar-refractivity contribution in [2.75, 3.05) is 0 Å². The number of unbranched alkanes of at least 4 members (excludes halogenated alkanes) is 1. The molecular weight excluding hydrogens is 627 g/mol. The molecule has 3 N–H and O–H groups in total. The number of halogens is 5. The first-order valence-electron chi connectivity index (χ1n) is 13.7. The smallest absolute Gasteiger partial charge is 0.389 e. The number of aromatic nitrogens is 3. The van der Waals surface area contributed by atoms with Crippen molar-refractivity contribution in [3.63, 3.8) is 0 Å². The summed E-state index contributed by atoms with van der Waals surface area (Å²) in [6, 6.07) is 7.78. The van der Waals surface area contributed by atoms with Crippen molar-refractivity contribution in [2.45, 2.75) is 62.4 Å². The average molecular weight is 655 g/mol. The van der Waals surface area contributed by atoms with Gasteiger partial charge in [-0.05, 0) is 85.9 Å². The van der Waals surface area contributed by atoms with E-state index in [0.717, 1.165) is 36.3 Å². The number of carbonyl (C=O) groups is 1. The fourth-order valence-corrected chi connectivity index (χ4v) is 6.33. The molecule has 2 aromatic heterocycles. The zero-order valence-corrected chi connectivity index (χ0v) is 24.7. The standard InChI is InChI=1S/C29H27F5N4O4S2/c30-21-8-7-19(14-18(21)3-1-2-10-29(32,33)34)26-20(11-17-6-9-25(22(31)12-17)44(35,41)42)24(13-16-4-5-16)38(37-26)28-36-23(15-43-28)27(39)40/h6-9,12,14-16H,1-5,10-11,13H2,(H,39,40)(H2,35,41,42). The molecule has 1 fully saturated rings. The van der Waals surface area contributed by atoms with E-state index in [4.69, 9.17) is 10.2 Å². The molecule has 0 radical (unpaired) electrons. The normalized spacial score (nSPS) is 13.9. The van der Waals surface area contributed by atoms with Gasteiger partial charge in [0.2, 0.25) is 15.2 Å². The van der Waals surface area contributed by atoms with Gasteiger partial charge in [-0.1, -0.05) is 6.07 Å². The van der Waals surface area contributed by atoms with Crippen molar-refractivity contribution < 1.29 is 40.3 Å². The van der Waals surface area contributed by atoms with E-state index in [0.29, 0.717) is 40.4 Å². The minimum atomic E-state index is -4.30. The Hall–Kier alpha value is -3.69. The Morgan fingerprint density at radius 2 is 1.84 bits per heavy atom. The predicted molar refractivity (Wildman–Crippen MR) is 152 cm³/mol. The Kier molecular flexibility index (Phi) is 8.92. The molecule has 234 valence electrons. The van der Waals surface area contributed by atoms with E-state index in [1.807, 2.05) is 0 Å². The van der Waals surface area contributed by atoms with Crippen LogP contribution in [0.1, 0.15) is 65.0 Å². The summed E-state index contributed by atoms with van der Waals surface area (Å²) in [5.41, 5.74) is 2.55. The number of benzene rings is 2. The van der Waals surface area contributed by atoms with Crippen LogP contribution in [0.3, 0.4) is 0 Å². The number of nitrogens with zero attached hydrogens (tertiary/aromatic N) is 3. The SMILES string of the molecule is NS(=O)(=O)c1ccc(Cc2c(-c3ccc(F)c(CCCCC(F)(F)F)c3)nn(-c3nc(C(=O)O)cs3)c2CC2CC2)cc1F. The molecule has 1 aliphatic carbocycles. The summed E-state index contributed by atoms with van der Waals surface area (Å²) >= 11 is 1.06. The first kappa shape index (κ1) is 31.7. The fraction of sp³-hybridized carbons (Fsp3) is 0.345. The number of alkyl halides is 3. The van der Waals surface area contributed by atoms with Gasteiger partial charge in [0, 0.05) is 29.3 Å². The molecule has 4 aromatic rings. The van der Waals surface area contributed by atoms with Crippen molar-refractivity contribution in [1.29, 1.82) is 0 Å². The molecule has 15 heteroatoms. The van der Waals surface area contributed by atoms with E-state index in [1.165, 1.54) is 34.3 Å². The first-order chi connectivity index (χ1) is 20.7. The zero-order chi connectivity index (χ0) is 31.8. The van der Waals surface area contributed by atoms with Crippen molar-refractivity contribution in [3.05, 3.63) is 81.5 Å². The maximum atomic E-state index is 14.8. The largest absolute Gasteiger partial charge is 0.476 e. The minimum absolute atomic E-state index is 0.0649. The molecule has 8 nitrogen and oxygen atoms in total. The van der Waals surface area contributed by atoms with E-state index >= 15 is 0 Å². The second-order valence-corrected chi connectivity index (χ2v) is 13.1. The lowest BCUT2D eigenvalue weighted by atomic mass is 9.95. The highest BCUT2D eigenvalue weighted by Crippen LogP contribution is 2.38. The van der Waals surface area contributed by atoms with Crippen LogP contribution < -0.4 is 5.14 Å². The molecule has 0 bridgehead atoms. The van der Waals surface area contributed by atoms with Gasteiger partial charge in [-0.3, -0.25) is 0 Å². The summed E-state index contributed by atoms with van der Waals surface area (Å²) in [5, 5.41) is 21.0. The number of aryl methyl sites for hydroxylation is 1. The lowest BCUT2D eigenvalue weighted by Crippen LogP contribution is -2.14. The van der Waals surface area contributed by atoms with Crippen molar-refractivity contribution in [2.24, 2.45) is 11.1 Å². The molecule has 0 atom stereocenters. The summed E-state index contributed by atoms with van der Waals surface area (Å²) in [7, 11) is -4.30. The van der Waals surface area contributed by atoms with E-state index in [-0.39, 0.29) is 42.1 Å². The molecule has 0 aliphatic heterocycles. The summed E-state index contributed by atoms with van der Waals surface area (Å²) in [6.45, 7) is 0. The maximum absolute atomic E-state index is 14.8. The first-order valence-corrected chi connectivity index (χ1v) is 16.1. The second kappa shape index (κ2) is 12.4. The van der Waals surface area contributed by atoms with Crippen LogP contribution in [0.5, 0.6) is 0 Å². The summed E-state index contributed by atoms with van der Waals surface area (Å²) in [4.78, 5) is 15.1. The quantitative estimate of drug-likeness (QED) is 0.134. The number of hydrogen-bond donors (Lipinski definition) is 2. The highest BCUT2D eigenvalue weighted by atomic mass is 32.2. The Balaban J connectivity index is 1.60. The molecule has 0 amide bonds. The van der Waals surface area contributed by atoms with Crippen LogP contribution in [0.4, 0.5) is 22.0 Å². The monoisotopic (exact) mass is 654 g/mol. The molecule has 44 heavy (non-hydrogen) atoms. The highest BCUT2D eigenvalue weighted by molar-refractivity contribution is 7.89. The Morgan fingerprint density at radius 1 is 1.09 bits per heavy atom. The number of aromatic carboxylic acids is 1. The second-order valence-electron chi connectivity index (χ2n) is 10.8. The zero-order valence-electron chi connectivity index (χ0n) is 23.1. The van der Waals surface area contributed by atoms with Crippen molar-refractivity contribution in [1.82, 2.24) is 14.8 Å². The van der Waals surface area contributed by atoms with E-state index in [1.54, 1.807) is 0 Å². The number of nitrogens with two attached hydrogens (primary N) is 1. The topological polar surface area (TPSA) is 128 Å². The molecular formula is C29H27F5N4O4S2. The van der Waals surface area contributed by atoms with Gasteiger partial charge in [0.25, 0.3) is 0 Å². The lowest BCUT2D eigenvalue weighted by molar-refractivity contribution is -0.135. The van der Waals surface area contributed by atoms with Gasteiger partial charge in [0.05, 0.1) is 11.4 Å². The third kappa shape index (κ3) is 7.50. The number of rotatable bonds is 12. The third-order valence-electron chi connectivity index (χ3n) is 7.32. The highest BCUT2D eigenvalue weighted by Gasteiger charge is 2.30. The Morgan fingerprint density at radius 3 is 2.45 bits per heavy atom. The number of primary sulfonamides is 1. The molecule has 2 heterocycles. The fourth-order valence-electron chi connectivity index (χ4n) is 4.97. The van der Waals surface area contributed by atoms with Crippen LogP contribution in [0.25, 0.3) is 16.4 Å². The van der Waals surface area contributed by atoms with Gasteiger partial charge in [-0.25, -0.2) is 36.8 Å². The van der Waals surface area contributed by atoms with Crippen molar-refractivity contribution >= 4 is 27.3 Å². The van der Waals surface area contributed by atoms with Gasteiger partial charge in [-0.15, -0.1) is 11.3 Å². The van der Waals surface area contributed by atoms with Crippen molar-refractivity contribution in [3.8, 4) is 16.4 Å². The molecule has 0 spiro atoms. The molecule has 5 rings (SSSR count). The van der Waals surface area contributed by atoms with Gasteiger partial charge < -0.3 is 5.11 Å². The van der Waals surface area contributed by atoms with Gasteiger partial charge >= 0.3 is 12.1 Å². The van der Waals surface area contributed by atoms with E-state index in [2.05, 4.69) is 4.98 Å². The lowest BCUT2D eigenvalue weighted by Gasteiger charge is -2.11. The Labute approximate surface area is 253 Å². The average Bonchev–Trinajstić information content (AvgIpc) is 3.49. The number of hydrogen-bond acceptors (Lipinski definition) is 6. The van der Waals surface area contributed by atoms with E-state index in [9.17, 15) is 40.3 Å². The summed E-state index contributed by atoms with van der Waals surface area (Å²) in [5.74, 6) is -2.51. The maximum Gasteiger partial charge on any atom is 0.389 e. The molecule has 1 aliphatic rings. The molecule has 1 saturated carbocycles. The number of thiazole rings is 1. The minimum Gasteiger partial charge on any atom is -0.476 e. The van der Waals surface area contributed by atoms with Gasteiger partial charge in [0.1, 0.15) is 16.5 Å². The van der Waals surface area contributed by atoms with Gasteiger partial charge in [-0.2, -0.15) is 18.3 Å². The van der Waals surface area contributed by atoms with Crippen LogP contribution in [0, 0.1) is 17.6 Å². The molecule has 2 aromatic carbocycles. The number of carboxylic acid groups (broad SMARTS) is 1. The summed E-state index contributed by atoms with van der Waals surface area (Å²) in [6.07, 6.45) is -2.74. The van der Waals surface area contributed by atoms with Crippen LogP contribution in [0.15, 0.2) is 46.7 Å². The number of sulfonamides is 1. The molecule has 0 saturated heterocycles. The van der Waals surface area contributed by atoms with Gasteiger partial charge in [0.15, 0.2) is 5.69 Å². The number of carboxylic acids is 1. The predicted octanol–water partition coefficient (Wildman–Crippen LogP) is 6.44. The van der Waals surface area contributed by atoms with E-state index < -0.39 is 45.1 Å².